The molecule has 3 atom stereocenters. The minimum Gasteiger partial charge on any atom is -0.462 e. The summed E-state index contributed by atoms with van der Waals surface area (Å²) in [5.74, 6) is -0.938. The molecule has 0 aromatic carbocycles. The maximum Gasteiger partial charge on any atom is 0.472 e. The lowest BCUT2D eigenvalue weighted by molar-refractivity contribution is -0.161. The van der Waals surface area contributed by atoms with Gasteiger partial charge in [0, 0.05) is 12.8 Å². The number of esters is 2. The molecule has 0 spiro atoms. The number of phosphoric acid groups is 1. The second kappa shape index (κ2) is 35.8. The summed E-state index contributed by atoms with van der Waals surface area (Å²) < 4.78 is 32.6. The molecule has 3 unspecified atom stereocenters. The van der Waals surface area contributed by atoms with Crippen LogP contribution < -0.4 is 0 Å². The summed E-state index contributed by atoms with van der Waals surface area (Å²) in [4.78, 5) is 34.8. The van der Waals surface area contributed by atoms with Crippen molar-refractivity contribution < 1.29 is 47.8 Å². The van der Waals surface area contributed by atoms with E-state index in [0.717, 1.165) is 64.2 Å². The molecule has 0 aliphatic heterocycles. The van der Waals surface area contributed by atoms with Crippen LogP contribution in [-0.4, -0.2) is 65.7 Å². The smallest absolute Gasteiger partial charge is 0.462 e. The fourth-order valence-electron chi connectivity index (χ4n) is 5.26. The molecule has 0 fully saturated rings. The number of aliphatic hydroxyl groups excluding tert-OH is 2. The average Bonchev–Trinajstić information content (AvgIpc) is 3.10. The molecule has 0 heterocycles. The van der Waals surface area contributed by atoms with Gasteiger partial charge in [-0.2, -0.15) is 0 Å². The summed E-state index contributed by atoms with van der Waals surface area (Å²) in [5, 5.41) is 18.3. The number of ether oxygens (including phenoxy) is 2. The van der Waals surface area contributed by atoms with E-state index in [1.54, 1.807) is 0 Å². The zero-order valence-corrected chi connectivity index (χ0v) is 32.5. The highest BCUT2D eigenvalue weighted by molar-refractivity contribution is 7.47. The van der Waals surface area contributed by atoms with Crippen LogP contribution in [0, 0.1) is 0 Å². The van der Waals surface area contributed by atoms with Crippen LogP contribution >= 0.6 is 7.82 Å². The molecule has 294 valence electrons. The second-order valence-corrected chi connectivity index (χ2v) is 14.8. The largest absolute Gasteiger partial charge is 0.472 e. The van der Waals surface area contributed by atoms with Crippen molar-refractivity contribution in [1.82, 2.24) is 0 Å². The highest BCUT2D eigenvalue weighted by Crippen LogP contribution is 2.43. The Morgan fingerprint density at radius 1 is 0.600 bits per heavy atom. The normalized spacial score (nSPS) is 14.3. The molecule has 50 heavy (non-hydrogen) atoms. The maximum atomic E-state index is 12.6. The average molecular weight is 733 g/mol. The van der Waals surface area contributed by atoms with Gasteiger partial charge in [0.1, 0.15) is 12.7 Å². The van der Waals surface area contributed by atoms with Gasteiger partial charge in [0.2, 0.25) is 0 Å². The zero-order valence-electron chi connectivity index (χ0n) is 31.6. The highest BCUT2D eigenvalue weighted by atomic mass is 31.2. The Balaban J connectivity index is 4.37. The van der Waals surface area contributed by atoms with E-state index in [1.807, 2.05) is 0 Å². The van der Waals surface area contributed by atoms with E-state index < -0.39 is 51.8 Å². The van der Waals surface area contributed by atoms with Crippen molar-refractivity contribution in [3.63, 3.8) is 0 Å². The highest BCUT2D eigenvalue weighted by Gasteiger charge is 2.27. The summed E-state index contributed by atoms with van der Waals surface area (Å²) >= 11 is 0. The molecule has 0 rings (SSSR count). The topological polar surface area (TPSA) is 149 Å². The molecule has 11 heteroatoms. The third kappa shape index (κ3) is 34.9. The number of rotatable bonds is 37. The number of unbranched alkanes of at least 4 members (excludes halogenated alkanes) is 19. The van der Waals surface area contributed by atoms with E-state index in [9.17, 15) is 24.2 Å². The predicted octanol–water partition coefficient (Wildman–Crippen LogP) is 9.83. The maximum absolute atomic E-state index is 12.6. The van der Waals surface area contributed by atoms with Crippen LogP contribution in [0.5, 0.6) is 0 Å². The van der Waals surface area contributed by atoms with E-state index in [2.05, 4.69) is 42.7 Å². The van der Waals surface area contributed by atoms with Crippen molar-refractivity contribution in [2.75, 3.05) is 26.4 Å². The lowest BCUT2D eigenvalue weighted by Gasteiger charge is -2.20. The van der Waals surface area contributed by atoms with Gasteiger partial charge in [-0.1, -0.05) is 141 Å². The molecule has 0 aromatic rings. The van der Waals surface area contributed by atoms with Crippen molar-refractivity contribution in [3.8, 4) is 0 Å². The molecule has 0 aromatic heterocycles. The molecule has 0 aliphatic rings. The third-order valence-corrected chi connectivity index (χ3v) is 9.31. The van der Waals surface area contributed by atoms with Crippen LogP contribution in [0.3, 0.4) is 0 Å². The van der Waals surface area contributed by atoms with E-state index in [0.29, 0.717) is 12.8 Å². The number of hydrogen-bond donors (Lipinski definition) is 3. The lowest BCUT2D eigenvalue weighted by Crippen LogP contribution is -2.29. The quantitative estimate of drug-likeness (QED) is 0.0244. The molecular formula is C39H73O10P. The molecule has 10 nitrogen and oxygen atoms in total. The Labute approximate surface area is 304 Å². The van der Waals surface area contributed by atoms with Crippen LogP contribution in [-0.2, 0) is 32.7 Å². The minimum absolute atomic E-state index is 0.170. The molecule has 0 bridgehead atoms. The van der Waals surface area contributed by atoms with Crippen molar-refractivity contribution >= 4 is 19.8 Å². The molecule has 0 radical (unpaired) electrons. The number of aliphatic hydroxyl groups is 2. The summed E-state index contributed by atoms with van der Waals surface area (Å²) in [5.41, 5.74) is 0. The van der Waals surface area contributed by atoms with Gasteiger partial charge in [0.15, 0.2) is 6.10 Å². The molecule has 3 N–H and O–H groups in total. The van der Waals surface area contributed by atoms with Gasteiger partial charge in [-0.25, -0.2) is 4.57 Å². The van der Waals surface area contributed by atoms with E-state index >= 15 is 0 Å². The number of allylic oxidation sites excluding steroid dienone is 4. The molecule has 0 aliphatic carbocycles. The van der Waals surface area contributed by atoms with Crippen LogP contribution in [0.2, 0.25) is 0 Å². The van der Waals surface area contributed by atoms with Crippen LogP contribution in [0.15, 0.2) is 24.3 Å². The second-order valence-electron chi connectivity index (χ2n) is 13.3. The van der Waals surface area contributed by atoms with Gasteiger partial charge in [-0.15, -0.1) is 0 Å². The monoisotopic (exact) mass is 732 g/mol. The van der Waals surface area contributed by atoms with Crippen LogP contribution in [0.4, 0.5) is 0 Å². The lowest BCUT2D eigenvalue weighted by atomic mass is 10.0. The fraction of sp³-hybridized carbons (Fsp3) is 0.846. The van der Waals surface area contributed by atoms with Gasteiger partial charge in [0.05, 0.1) is 19.8 Å². The van der Waals surface area contributed by atoms with Crippen molar-refractivity contribution in [1.29, 1.82) is 0 Å². The van der Waals surface area contributed by atoms with E-state index in [4.69, 9.17) is 19.1 Å². The van der Waals surface area contributed by atoms with Gasteiger partial charge < -0.3 is 24.6 Å². The van der Waals surface area contributed by atoms with Crippen LogP contribution in [0.1, 0.15) is 174 Å². The summed E-state index contributed by atoms with van der Waals surface area (Å²) in [6, 6.07) is 0. The number of phosphoric ester groups is 1. The molecule has 0 amide bonds. The van der Waals surface area contributed by atoms with Gasteiger partial charge in [-0.05, 0) is 44.9 Å². The van der Waals surface area contributed by atoms with Gasteiger partial charge in [0.25, 0.3) is 0 Å². The van der Waals surface area contributed by atoms with E-state index in [1.165, 1.54) is 70.6 Å². The third-order valence-electron chi connectivity index (χ3n) is 8.36. The van der Waals surface area contributed by atoms with Crippen LogP contribution in [0.25, 0.3) is 0 Å². The van der Waals surface area contributed by atoms with Crippen molar-refractivity contribution in [2.24, 2.45) is 0 Å². The Morgan fingerprint density at radius 3 is 1.58 bits per heavy atom. The Hall–Kier alpha value is -1.55. The SMILES string of the molecule is CCCCC/C=C\C/C=C\CCCCCCCC(=O)OC(COC(=O)CCCCCCCCCCCCCC)COP(=O)(O)OCC(O)CO. The first-order valence-electron chi connectivity index (χ1n) is 19.8. The number of carbonyl (C=O) groups excluding carboxylic acids is 2. The Morgan fingerprint density at radius 2 is 1.04 bits per heavy atom. The fourth-order valence-corrected chi connectivity index (χ4v) is 6.05. The number of carbonyl (C=O) groups is 2. The van der Waals surface area contributed by atoms with Crippen molar-refractivity contribution in [3.05, 3.63) is 24.3 Å². The molecule has 0 saturated carbocycles. The summed E-state index contributed by atoms with van der Waals surface area (Å²) in [6.45, 7) is 2.33. The standard InChI is InChI=1S/C39H73O10P/c1-3-5-7-9-11-13-15-17-18-19-21-23-25-27-29-31-39(43)49-37(35-48-50(44,45)47-33-36(41)32-40)34-46-38(42)30-28-26-24-22-20-16-14-12-10-8-6-4-2/h11,13,17-18,36-37,40-41H,3-10,12,14-16,19-35H2,1-2H3,(H,44,45)/b13-11-,18-17-. The number of hydrogen-bond acceptors (Lipinski definition) is 9. The first kappa shape index (κ1) is 48.5. The summed E-state index contributed by atoms with van der Waals surface area (Å²) in [7, 11) is -4.61. The first-order chi connectivity index (χ1) is 24.2. The molecule has 0 saturated heterocycles. The van der Waals surface area contributed by atoms with Crippen molar-refractivity contribution in [2.45, 2.75) is 187 Å². The minimum atomic E-state index is -4.61. The first-order valence-corrected chi connectivity index (χ1v) is 21.3. The Bertz CT molecular complexity index is 894. The molecular weight excluding hydrogens is 659 g/mol. The zero-order chi connectivity index (χ0) is 37.0. The van der Waals surface area contributed by atoms with Gasteiger partial charge in [-0.3, -0.25) is 18.6 Å². The Kier molecular flexibility index (Phi) is 34.7. The van der Waals surface area contributed by atoms with E-state index in [-0.39, 0.29) is 19.4 Å². The van der Waals surface area contributed by atoms with Gasteiger partial charge >= 0.3 is 19.8 Å². The predicted molar refractivity (Wildman–Crippen MR) is 201 cm³/mol. The summed E-state index contributed by atoms with van der Waals surface area (Å²) in [6.07, 6.45) is 32.8.